The minimum absolute atomic E-state index is 0.0104. The summed E-state index contributed by atoms with van der Waals surface area (Å²) in [6.07, 6.45) is 0.593. The Labute approximate surface area is 140 Å². The van der Waals surface area contributed by atoms with Crippen LogP contribution in [0.2, 0.25) is 0 Å². The Kier molecular flexibility index (Phi) is 5.38. The van der Waals surface area contributed by atoms with Crippen molar-refractivity contribution in [2.24, 2.45) is 17.6 Å². The van der Waals surface area contributed by atoms with E-state index in [-0.39, 0.29) is 29.6 Å². The monoisotopic (exact) mass is 334 g/mol. The van der Waals surface area contributed by atoms with Crippen LogP contribution < -0.4 is 11.1 Å². The molecular formula is C16H22N4O4. The Morgan fingerprint density at radius 2 is 2.17 bits per heavy atom. The number of urea groups is 1. The van der Waals surface area contributed by atoms with E-state index in [1.165, 1.54) is 12.1 Å². The van der Waals surface area contributed by atoms with Crippen molar-refractivity contribution in [2.75, 3.05) is 13.1 Å². The number of hydrogen-bond acceptors (Lipinski definition) is 4. The number of nitrogens with zero attached hydrogens (tertiary/aromatic N) is 2. The Hall–Kier alpha value is -2.64. The highest BCUT2D eigenvalue weighted by atomic mass is 16.6. The van der Waals surface area contributed by atoms with Crippen LogP contribution in [0, 0.1) is 22.0 Å². The number of carbonyl (C=O) groups excluding carboxylic acids is 2. The molecule has 3 atom stereocenters. The number of rotatable bonds is 5. The number of non-ortho nitro benzene ring substituents is 1. The molecule has 130 valence electrons. The highest BCUT2D eigenvalue weighted by Crippen LogP contribution is 2.25. The molecule has 3 N–H and O–H groups in total. The average Bonchev–Trinajstić information content (AvgIpc) is 2.94. The zero-order chi connectivity index (χ0) is 17.9. The van der Waals surface area contributed by atoms with Crippen LogP contribution in [0.4, 0.5) is 10.5 Å². The second kappa shape index (κ2) is 7.29. The van der Waals surface area contributed by atoms with E-state index in [1.54, 1.807) is 17.0 Å². The van der Waals surface area contributed by atoms with Crippen LogP contribution in [0.15, 0.2) is 24.3 Å². The maximum absolute atomic E-state index is 12.4. The molecule has 3 amide bonds. The van der Waals surface area contributed by atoms with Crippen LogP contribution in [-0.4, -0.2) is 34.9 Å². The van der Waals surface area contributed by atoms with Gasteiger partial charge < -0.3 is 16.0 Å². The van der Waals surface area contributed by atoms with Gasteiger partial charge in [0.1, 0.15) is 0 Å². The lowest BCUT2D eigenvalue weighted by Crippen LogP contribution is -2.41. The Morgan fingerprint density at radius 1 is 1.46 bits per heavy atom. The number of likely N-dealkylation sites (tertiary alicyclic amines) is 1. The molecule has 8 nitrogen and oxygen atoms in total. The van der Waals surface area contributed by atoms with Crippen molar-refractivity contribution in [1.29, 1.82) is 0 Å². The smallest absolute Gasteiger partial charge is 0.317 e. The van der Waals surface area contributed by atoms with Gasteiger partial charge in [0.05, 0.1) is 16.9 Å². The van der Waals surface area contributed by atoms with Crippen LogP contribution in [0.25, 0.3) is 0 Å². The number of amides is 3. The van der Waals surface area contributed by atoms with Crippen molar-refractivity contribution < 1.29 is 14.5 Å². The molecule has 0 aliphatic carbocycles. The van der Waals surface area contributed by atoms with Gasteiger partial charge in [-0.05, 0) is 17.9 Å². The zero-order valence-electron chi connectivity index (χ0n) is 13.8. The summed E-state index contributed by atoms with van der Waals surface area (Å²) in [6.45, 7) is 4.54. The van der Waals surface area contributed by atoms with E-state index >= 15 is 0 Å². The molecular weight excluding hydrogens is 312 g/mol. The molecule has 0 unspecified atom stereocenters. The normalized spacial score (nSPS) is 21.3. The molecule has 1 aromatic carbocycles. The minimum atomic E-state index is -0.461. The van der Waals surface area contributed by atoms with E-state index < -0.39 is 10.8 Å². The predicted molar refractivity (Wildman–Crippen MR) is 88.1 cm³/mol. The van der Waals surface area contributed by atoms with Gasteiger partial charge in [0.15, 0.2) is 0 Å². The molecule has 1 heterocycles. The average molecular weight is 334 g/mol. The van der Waals surface area contributed by atoms with Gasteiger partial charge in [-0.25, -0.2) is 4.79 Å². The van der Waals surface area contributed by atoms with Crippen molar-refractivity contribution in [1.82, 2.24) is 10.2 Å². The summed E-state index contributed by atoms with van der Waals surface area (Å²) in [4.78, 5) is 35.8. The van der Waals surface area contributed by atoms with Crippen LogP contribution in [0.1, 0.15) is 31.9 Å². The molecule has 1 saturated heterocycles. The molecule has 8 heteroatoms. The van der Waals surface area contributed by atoms with Crippen molar-refractivity contribution in [3.63, 3.8) is 0 Å². The number of nitro benzene ring substituents is 1. The molecule has 0 saturated carbocycles. The first-order valence-corrected chi connectivity index (χ1v) is 7.92. The number of nitrogens with one attached hydrogen (secondary N) is 1. The lowest BCUT2D eigenvalue weighted by atomic mass is 9.98. The van der Waals surface area contributed by atoms with E-state index in [2.05, 4.69) is 5.32 Å². The first kappa shape index (κ1) is 17.7. The first-order valence-electron chi connectivity index (χ1n) is 7.92. The molecule has 0 bridgehead atoms. The molecule has 1 fully saturated rings. The highest BCUT2D eigenvalue weighted by Gasteiger charge is 2.36. The van der Waals surface area contributed by atoms with E-state index in [1.807, 2.05) is 13.8 Å². The lowest BCUT2D eigenvalue weighted by molar-refractivity contribution is -0.384. The maximum atomic E-state index is 12.4. The van der Waals surface area contributed by atoms with Crippen LogP contribution >= 0.6 is 0 Å². The summed E-state index contributed by atoms with van der Waals surface area (Å²) in [5.74, 6) is -0.719. The van der Waals surface area contributed by atoms with Gasteiger partial charge in [-0.2, -0.15) is 0 Å². The number of benzene rings is 1. The summed E-state index contributed by atoms with van der Waals surface area (Å²) in [6, 6.07) is 5.61. The van der Waals surface area contributed by atoms with Crippen LogP contribution in [0.5, 0.6) is 0 Å². The third-order valence-electron chi connectivity index (χ3n) is 4.45. The molecule has 24 heavy (non-hydrogen) atoms. The Morgan fingerprint density at radius 3 is 2.71 bits per heavy atom. The molecule has 1 aliphatic rings. The fraction of sp³-hybridized carbons (Fsp3) is 0.500. The summed E-state index contributed by atoms with van der Waals surface area (Å²) in [5, 5.41) is 13.8. The zero-order valence-corrected chi connectivity index (χ0v) is 13.8. The van der Waals surface area contributed by atoms with E-state index in [4.69, 9.17) is 5.73 Å². The van der Waals surface area contributed by atoms with Gasteiger partial charge in [-0.1, -0.05) is 26.0 Å². The molecule has 0 aromatic heterocycles. The van der Waals surface area contributed by atoms with Gasteiger partial charge in [0, 0.05) is 25.2 Å². The standard InChI is InChI=1S/C16H22N4O4/c1-3-14(11-5-4-6-12(7-11)20(23)24)18-16(22)19-8-10(2)13(9-19)15(17)21/h4-7,10,13-14H,3,8-9H2,1-2H3,(H2,17,21)(H,18,22)/t10-,13-,14+/m1/s1. The van der Waals surface area contributed by atoms with E-state index in [0.29, 0.717) is 25.1 Å². The van der Waals surface area contributed by atoms with Gasteiger partial charge in [0.2, 0.25) is 5.91 Å². The summed E-state index contributed by atoms with van der Waals surface area (Å²) in [5.41, 5.74) is 6.02. The topological polar surface area (TPSA) is 119 Å². The molecule has 1 aliphatic heterocycles. The van der Waals surface area contributed by atoms with Crippen LogP contribution in [-0.2, 0) is 4.79 Å². The Bertz CT molecular complexity index is 649. The number of nitrogens with two attached hydrogens (primary N) is 1. The second-order valence-corrected chi connectivity index (χ2v) is 6.15. The highest BCUT2D eigenvalue weighted by molar-refractivity contribution is 5.80. The molecule has 0 radical (unpaired) electrons. The van der Waals surface area contributed by atoms with Crippen molar-refractivity contribution >= 4 is 17.6 Å². The van der Waals surface area contributed by atoms with Gasteiger partial charge >= 0.3 is 6.03 Å². The number of primary amides is 1. The quantitative estimate of drug-likeness (QED) is 0.630. The SMILES string of the molecule is CC[C@H](NC(=O)N1C[C@@H](C)[C@H](C(N)=O)C1)c1cccc([N+](=O)[O-])c1. The van der Waals surface area contributed by atoms with Crippen molar-refractivity contribution in [3.8, 4) is 0 Å². The number of carbonyl (C=O) groups is 2. The molecule has 1 aromatic rings. The third kappa shape index (κ3) is 3.81. The molecule has 2 rings (SSSR count). The van der Waals surface area contributed by atoms with Gasteiger partial charge in [-0.15, -0.1) is 0 Å². The lowest BCUT2D eigenvalue weighted by Gasteiger charge is -2.23. The Balaban J connectivity index is 2.08. The number of hydrogen-bond donors (Lipinski definition) is 2. The fourth-order valence-corrected chi connectivity index (χ4v) is 3.02. The largest absolute Gasteiger partial charge is 0.369 e. The van der Waals surface area contributed by atoms with Gasteiger partial charge in [0.25, 0.3) is 5.69 Å². The third-order valence-corrected chi connectivity index (χ3v) is 4.45. The summed E-state index contributed by atoms with van der Waals surface area (Å²) in [7, 11) is 0. The fourth-order valence-electron chi connectivity index (χ4n) is 3.02. The first-order chi connectivity index (χ1) is 11.3. The van der Waals surface area contributed by atoms with Crippen molar-refractivity contribution in [2.45, 2.75) is 26.3 Å². The molecule has 0 spiro atoms. The summed E-state index contributed by atoms with van der Waals surface area (Å²) >= 11 is 0. The van der Waals surface area contributed by atoms with Gasteiger partial charge in [-0.3, -0.25) is 14.9 Å². The van der Waals surface area contributed by atoms with E-state index in [0.717, 1.165) is 0 Å². The predicted octanol–water partition coefficient (Wildman–Crippen LogP) is 1.81. The second-order valence-electron chi connectivity index (χ2n) is 6.15. The number of nitro groups is 1. The minimum Gasteiger partial charge on any atom is -0.369 e. The maximum Gasteiger partial charge on any atom is 0.317 e. The van der Waals surface area contributed by atoms with Crippen molar-refractivity contribution in [3.05, 3.63) is 39.9 Å². The van der Waals surface area contributed by atoms with E-state index in [9.17, 15) is 19.7 Å². The van der Waals surface area contributed by atoms with Crippen LogP contribution in [0.3, 0.4) is 0 Å². The summed E-state index contributed by atoms with van der Waals surface area (Å²) < 4.78 is 0.